The van der Waals surface area contributed by atoms with E-state index in [-0.39, 0.29) is 40.1 Å². The number of methoxy groups -OCH3 is 1. The first-order valence-electron chi connectivity index (χ1n) is 9.94. The van der Waals surface area contributed by atoms with Crippen LogP contribution in [0.15, 0.2) is 65.6 Å². The lowest BCUT2D eigenvalue weighted by atomic mass is 10.1. The summed E-state index contributed by atoms with van der Waals surface area (Å²) in [6, 6.07) is 15.1. The van der Waals surface area contributed by atoms with Gasteiger partial charge in [-0.25, -0.2) is 12.7 Å². The van der Waals surface area contributed by atoms with E-state index in [1.165, 1.54) is 43.5 Å². The number of anilines is 2. The fraction of sp³-hybridized carbons (Fsp3) is 0.130. The summed E-state index contributed by atoms with van der Waals surface area (Å²) in [7, 11) is -2.77. The number of carbonyl (C=O) groups excluding carboxylic acids is 1. The van der Waals surface area contributed by atoms with Gasteiger partial charge in [-0.3, -0.25) is 9.59 Å². The molecule has 0 aromatic heterocycles. The van der Waals surface area contributed by atoms with E-state index in [9.17, 15) is 18.0 Å². The number of carbonyl (C=O) groups is 2. The molecule has 0 bridgehead atoms. The number of ether oxygens (including phenoxy) is 2. The van der Waals surface area contributed by atoms with Crippen LogP contribution in [0.25, 0.3) is 0 Å². The highest BCUT2D eigenvalue weighted by Gasteiger charge is 2.35. The second-order valence-electron chi connectivity index (χ2n) is 7.33. The van der Waals surface area contributed by atoms with E-state index in [0.29, 0.717) is 17.0 Å². The predicted octanol–water partition coefficient (Wildman–Crippen LogP) is 3.77. The van der Waals surface area contributed by atoms with Gasteiger partial charge >= 0.3 is 5.97 Å². The van der Waals surface area contributed by atoms with Crippen molar-refractivity contribution in [1.29, 1.82) is 0 Å². The smallest absolute Gasteiger partial charge is 0.307 e. The molecule has 9 nitrogen and oxygen atoms in total. The molecule has 3 aromatic carbocycles. The third-order valence-electron chi connectivity index (χ3n) is 5.06. The minimum atomic E-state index is -4.12. The maximum Gasteiger partial charge on any atom is 0.307 e. The van der Waals surface area contributed by atoms with Crippen LogP contribution in [0.2, 0.25) is 5.02 Å². The summed E-state index contributed by atoms with van der Waals surface area (Å²) in [6.45, 7) is -0.282. The van der Waals surface area contributed by atoms with Crippen LogP contribution in [-0.2, 0) is 21.2 Å². The lowest BCUT2D eigenvalue weighted by Gasteiger charge is -2.19. The van der Waals surface area contributed by atoms with Gasteiger partial charge in [-0.1, -0.05) is 23.7 Å². The van der Waals surface area contributed by atoms with Crippen molar-refractivity contribution in [1.82, 2.24) is 0 Å². The maximum absolute atomic E-state index is 13.4. The third kappa shape index (κ3) is 4.63. The minimum absolute atomic E-state index is 0.119. The van der Waals surface area contributed by atoms with Gasteiger partial charge in [0.05, 0.1) is 19.2 Å². The molecule has 0 aliphatic carbocycles. The standard InChI is InChI=1S/C23H19ClN2O7S/c1-32-20-8-6-16(24)12-21(20)34(30,31)26-13-33-19-7-5-15(11-18(19)26)23(29)25-17-4-2-3-14(9-17)10-22(27)28/h2-9,11-12H,10,13H2,1H3,(H,25,29)(H,27,28). The van der Waals surface area contributed by atoms with Crippen molar-refractivity contribution in [2.24, 2.45) is 0 Å². The summed E-state index contributed by atoms with van der Waals surface area (Å²) in [5.41, 5.74) is 1.31. The average molecular weight is 503 g/mol. The second kappa shape index (κ2) is 9.24. The van der Waals surface area contributed by atoms with E-state index < -0.39 is 21.9 Å². The zero-order chi connectivity index (χ0) is 24.5. The van der Waals surface area contributed by atoms with Crippen molar-refractivity contribution in [3.8, 4) is 11.5 Å². The monoisotopic (exact) mass is 502 g/mol. The molecule has 0 spiro atoms. The van der Waals surface area contributed by atoms with Gasteiger partial charge in [0.15, 0.2) is 6.73 Å². The maximum atomic E-state index is 13.4. The molecule has 34 heavy (non-hydrogen) atoms. The van der Waals surface area contributed by atoms with Crippen LogP contribution < -0.4 is 19.1 Å². The van der Waals surface area contributed by atoms with Gasteiger partial charge in [0.1, 0.15) is 16.4 Å². The number of hydrogen-bond donors (Lipinski definition) is 2. The Kier molecular flexibility index (Phi) is 6.36. The number of carboxylic acids is 1. The highest BCUT2D eigenvalue weighted by atomic mass is 35.5. The summed E-state index contributed by atoms with van der Waals surface area (Å²) in [6.07, 6.45) is -0.181. The van der Waals surface area contributed by atoms with Crippen LogP contribution in [0.4, 0.5) is 11.4 Å². The van der Waals surface area contributed by atoms with E-state index in [4.69, 9.17) is 26.2 Å². The number of sulfonamides is 1. The van der Waals surface area contributed by atoms with Crippen LogP contribution in [0, 0.1) is 0 Å². The zero-order valence-corrected chi connectivity index (χ0v) is 19.4. The van der Waals surface area contributed by atoms with Crippen molar-refractivity contribution in [2.45, 2.75) is 11.3 Å². The Balaban J connectivity index is 1.63. The Morgan fingerprint density at radius 2 is 1.94 bits per heavy atom. The first kappa shape index (κ1) is 23.4. The minimum Gasteiger partial charge on any atom is -0.495 e. The van der Waals surface area contributed by atoms with Gasteiger partial charge < -0.3 is 19.9 Å². The number of benzene rings is 3. The highest BCUT2D eigenvalue weighted by Crippen LogP contribution is 2.40. The molecular weight excluding hydrogens is 484 g/mol. The molecule has 0 radical (unpaired) electrons. The molecule has 176 valence electrons. The van der Waals surface area contributed by atoms with E-state index in [2.05, 4.69) is 5.32 Å². The van der Waals surface area contributed by atoms with E-state index in [1.54, 1.807) is 24.3 Å². The fourth-order valence-corrected chi connectivity index (χ4v) is 5.23. The number of amides is 1. The molecule has 4 rings (SSSR count). The van der Waals surface area contributed by atoms with Gasteiger partial charge in [0, 0.05) is 16.3 Å². The van der Waals surface area contributed by atoms with E-state index in [1.807, 2.05) is 0 Å². The first-order chi connectivity index (χ1) is 16.2. The Morgan fingerprint density at radius 1 is 1.15 bits per heavy atom. The summed E-state index contributed by atoms with van der Waals surface area (Å²) in [5.74, 6) is -1.07. The lowest BCUT2D eigenvalue weighted by Crippen LogP contribution is -2.30. The molecule has 1 aliphatic heterocycles. The molecule has 0 saturated carbocycles. The summed E-state index contributed by atoms with van der Waals surface area (Å²) in [4.78, 5) is 23.6. The number of aliphatic carboxylic acids is 1. The number of carboxylic acid groups (broad SMARTS) is 1. The number of fused-ring (bicyclic) bond motifs is 1. The number of hydrogen-bond acceptors (Lipinski definition) is 6. The SMILES string of the molecule is COc1ccc(Cl)cc1S(=O)(=O)N1COc2ccc(C(=O)Nc3cccc(CC(=O)O)c3)cc21. The molecule has 3 aromatic rings. The molecular formula is C23H19ClN2O7S. The number of rotatable bonds is 7. The van der Waals surface area contributed by atoms with Crippen molar-refractivity contribution >= 4 is 44.9 Å². The van der Waals surface area contributed by atoms with Crippen LogP contribution in [0.1, 0.15) is 15.9 Å². The second-order valence-corrected chi connectivity index (χ2v) is 9.60. The normalized spacial score (nSPS) is 12.6. The largest absolute Gasteiger partial charge is 0.495 e. The van der Waals surface area contributed by atoms with Crippen LogP contribution in [0.5, 0.6) is 11.5 Å². The molecule has 0 atom stereocenters. The number of halogens is 1. The van der Waals surface area contributed by atoms with Crippen LogP contribution in [-0.4, -0.2) is 39.2 Å². The Labute approximate surface area is 200 Å². The Hall–Kier alpha value is -3.76. The van der Waals surface area contributed by atoms with Crippen LogP contribution in [0.3, 0.4) is 0 Å². The Bertz CT molecular complexity index is 1390. The van der Waals surface area contributed by atoms with Gasteiger partial charge in [-0.2, -0.15) is 0 Å². The molecule has 0 unspecified atom stereocenters. The number of nitrogens with zero attached hydrogens (tertiary/aromatic N) is 1. The van der Waals surface area contributed by atoms with E-state index in [0.717, 1.165) is 4.31 Å². The fourth-order valence-electron chi connectivity index (χ4n) is 3.48. The molecule has 0 fully saturated rings. The summed E-state index contributed by atoms with van der Waals surface area (Å²) < 4.78 is 38.5. The quantitative estimate of drug-likeness (QED) is 0.504. The van der Waals surface area contributed by atoms with Crippen molar-refractivity contribution in [3.63, 3.8) is 0 Å². The van der Waals surface area contributed by atoms with Crippen molar-refractivity contribution in [2.75, 3.05) is 23.5 Å². The molecule has 2 N–H and O–H groups in total. The van der Waals surface area contributed by atoms with Gasteiger partial charge in [-0.15, -0.1) is 0 Å². The van der Waals surface area contributed by atoms with Crippen molar-refractivity contribution in [3.05, 3.63) is 76.8 Å². The summed E-state index contributed by atoms with van der Waals surface area (Å²) in [5, 5.41) is 11.9. The van der Waals surface area contributed by atoms with Gasteiger partial charge in [-0.05, 0) is 54.1 Å². The number of nitrogens with one attached hydrogen (secondary N) is 1. The lowest BCUT2D eigenvalue weighted by molar-refractivity contribution is -0.136. The molecule has 11 heteroatoms. The van der Waals surface area contributed by atoms with Crippen LogP contribution >= 0.6 is 11.6 Å². The molecule has 1 aliphatic rings. The predicted molar refractivity (Wildman–Crippen MR) is 125 cm³/mol. The average Bonchev–Trinajstić information content (AvgIpc) is 3.23. The molecule has 0 saturated heterocycles. The Morgan fingerprint density at radius 3 is 2.68 bits per heavy atom. The first-order valence-corrected chi connectivity index (χ1v) is 11.8. The highest BCUT2D eigenvalue weighted by molar-refractivity contribution is 7.93. The van der Waals surface area contributed by atoms with E-state index >= 15 is 0 Å². The summed E-state index contributed by atoms with van der Waals surface area (Å²) >= 11 is 6.01. The zero-order valence-electron chi connectivity index (χ0n) is 17.8. The van der Waals surface area contributed by atoms with Gasteiger partial charge in [0.2, 0.25) is 0 Å². The molecule has 1 heterocycles. The third-order valence-corrected chi connectivity index (χ3v) is 7.05. The molecule has 1 amide bonds. The van der Waals surface area contributed by atoms with Crippen molar-refractivity contribution < 1.29 is 32.6 Å². The van der Waals surface area contributed by atoms with Gasteiger partial charge in [0.25, 0.3) is 15.9 Å². The topological polar surface area (TPSA) is 122 Å².